The van der Waals surface area contributed by atoms with E-state index in [1.165, 1.54) is 24.3 Å². The summed E-state index contributed by atoms with van der Waals surface area (Å²) in [5.41, 5.74) is 0.144. The average Bonchev–Trinajstić information content (AvgIpc) is 2.61. The highest BCUT2D eigenvalue weighted by Gasteiger charge is 2.12. The first-order valence-corrected chi connectivity index (χ1v) is 8.39. The Hall–Kier alpha value is -2.87. The van der Waals surface area contributed by atoms with Crippen molar-refractivity contribution in [1.29, 1.82) is 0 Å². The average molecular weight is 377 g/mol. The zero-order valence-electron chi connectivity index (χ0n) is 13.3. The summed E-state index contributed by atoms with van der Waals surface area (Å²) in [5.74, 6) is -2.74. The fourth-order valence-corrected chi connectivity index (χ4v) is 2.83. The summed E-state index contributed by atoms with van der Waals surface area (Å²) in [6, 6.07) is 14.0. The number of carbonyl (C=O) groups excluding carboxylic acids is 1. The van der Waals surface area contributed by atoms with E-state index in [9.17, 15) is 18.4 Å². The number of hydrogen-bond acceptors (Lipinski definition) is 5. The number of rotatable bonds is 6. The van der Waals surface area contributed by atoms with Crippen LogP contribution in [0.25, 0.3) is 11.0 Å². The van der Waals surface area contributed by atoms with E-state index in [2.05, 4.69) is 5.32 Å². The molecule has 1 aromatic heterocycles. The van der Waals surface area contributed by atoms with Crippen molar-refractivity contribution < 1.29 is 22.7 Å². The van der Waals surface area contributed by atoms with Crippen LogP contribution in [0.15, 0.2) is 68.7 Å². The number of para-hydroxylation sites is 1. The number of anilines is 1. The van der Waals surface area contributed by atoms with Gasteiger partial charge in [-0.3, -0.25) is 4.79 Å². The smallest absolute Gasteiger partial charge is 0.336 e. The van der Waals surface area contributed by atoms with Crippen LogP contribution in [0.5, 0.6) is 5.75 Å². The molecule has 2 aromatic carbocycles. The van der Waals surface area contributed by atoms with Crippen molar-refractivity contribution in [1.82, 2.24) is 0 Å². The minimum atomic E-state index is -2.59. The third-order valence-corrected chi connectivity index (χ3v) is 4.13. The molecule has 1 N–H and O–H groups in total. The molecule has 0 aliphatic rings. The van der Waals surface area contributed by atoms with Gasteiger partial charge in [0.2, 0.25) is 0 Å². The quantitative estimate of drug-likeness (QED) is 0.517. The number of carbonyl (C=O) groups is 1. The van der Waals surface area contributed by atoms with Gasteiger partial charge in [0.1, 0.15) is 11.3 Å². The molecule has 0 aliphatic carbocycles. The lowest BCUT2D eigenvalue weighted by molar-refractivity contribution is -0.118. The molecule has 8 heteroatoms. The van der Waals surface area contributed by atoms with E-state index in [-0.39, 0.29) is 17.2 Å². The minimum Gasteiger partial charge on any atom is -0.484 e. The molecule has 134 valence electrons. The molecule has 0 atom stereocenters. The van der Waals surface area contributed by atoms with Crippen molar-refractivity contribution in [2.75, 3.05) is 11.9 Å². The molecule has 0 bridgehead atoms. The minimum absolute atomic E-state index is 0.267. The number of amides is 1. The van der Waals surface area contributed by atoms with Gasteiger partial charge < -0.3 is 14.5 Å². The van der Waals surface area contributed by atoms with Crippen LogP contribution in [0.3, 0.4) is 0 Å². The molecule has 0 saturated heterocycles. The van der Waals surface area contributed by atoms with Gasteiger partial charge in [0.15, 0.2) is 6.61 Å². The van der Waals surface area contributed by atoms with Crippen LogP contribution in [-0.4, -0.2) is 18.3 Å². The second-order valence-electron chi connectivity index (χ2n) is 5.17. The molecule has 1 amide bonds. The van der Waals surface area contributed by atoms with Gasteiger partial charge in [0, 0.05) is 22.4 Å². The Morgan fingerprint density at radius 3 is 2.73 bits per heavy atom. The van der Waals surface area contributed by atoms with Crippen molar-refractivity contribution in [3.8, 4) is 5.75 Å². The first kappa shape index (κ1) is 17.9. The van der Waals surface area contributed by atoms with Crippen LogP contribution < -0.4 is 15.7 Å². The zero-order chi connectivity index (χ0) is 18.5. The number of hydrogen-bond donors (Lipinski definition) is 1. The van der Waals surface area contributed by atoms with Crippen LogP contribution in [0, 0.1) is 0 Å². The maximum atomic E-state index is 12.6. The summed E-state index contributed by atoms with van der Waals surface area (Å²) >= 11 is 0.353. The summed E-state index contributed by atoms with van der Waals surface area (Å²) in [6.07, 6.45) is 0. The van der Waals surface area contributed by atoms with E-state index >= 15 is 0 Å². The SMILES string of the molecule is O=C(COc1ccc2ccc(=O)oc2c1)Nc1ccccc1SC(F)F. The highest BCUT2D eigenvalue weighted by atomic mass is 32.2. The number of ether oxygens (including phenoxy) is 1. The van der Waals surface area contributed by atoms with E-state index in [4.69, 9.17) is 9.15 Å². The van der Waals surface area contributed by atoms with Gasteiger partial charge in [-0.2, -0.15) is 8.78 Å². The van der Waals surface area contributed by atoms with Crippen LogP contribution in [-0.2, 0) is 4.79 Å². The van der Waals surface area contributed by atoms with E-state index in [0.29, 0.717) is 23.1 Å². The number of nitrogens with one attached hydrogen (secondary N) is 1. The van der Waals surface area contributed by atoms with E-state index in [1.54, 1.807) is 30.3 Å². The van der Waals surface area contributed by atoms with E-state index in [0.717, 1.165) is 5.39 Å². The van der Waals surface area contributed by atoms with Gasteiger partial charge in [-0.1, -0.05) is 23.9 Å². The monoisotopic (exact) mass is 377 g/mol. The molecular formula is C18H13F2NO4S. The summed E-state index contributed by atoms with van der Waals surface area (Å²) in [6.45, 7) is -0.323. The highest BCUT2D eigenvalue weighted by Crippen LogP contribution is 2.31. The Bertz CT molecular complexity index is 990. The number of benzene rings is 2. The van der Waals surface area contributed by atoms with Gasteiger partial charge >= 0.3 is 5.63 Å². The summed E-state index contributed by atoms with van der Waals surface area (Å²) in [7, 11) is 0. The molecule has 0 unspecified atom stereocenters. The maximum Gasteiger partial charge on any atom is 0.336 e. The van der Waals surface area contributed by atoms with Gasteiger partial charge in [-0.05, 0) is 30.3 Å². The zero-order valence-corrected chi connectivity index (χ0v) is 14.1. The maximum absolute atomic E-state index is 12.6. The van der Waals surface area contributed by atoms with Crippen LogP contribution in [0.2, 0.25) is 0 Å². The number of fused-ring (bicyclic) bond motifs is 1. The third kappa shape index (κ3) is 4.60. The first-order chi connectivity index (χ1) is 12.5. The van der Waals surface area contributed by atoms with Gasteiger partial charge in [0.25, 0.3) is 11.7 Å². The van der Waals surface area contributed by atoms with Crippen molar-refractivity contribution in [3.63, 3.8) is 0 Å². The molecule has 26 heavy (non-hydrogen) atoms. The Kier molecular flexibility index (Phi) is 5.52. The lowest BCUT2D eigenvalue weighted by atomic mass is 10.2. The largest absolute Gasteiger partial charge is 0.484 e. The van der Waals surface area contributed by atoms with Gasteiger partial charge in [0.05, 0.1) is 5.69 Å². The molecule has 0 fully saturated rings. The Morgan fingerprint density at radius 1 is 1.15 bits per heavy atom. The second-order valence-corrected chi connectivity index (χ2v) is 6.20. The molecule has 0 spiro atoms. The molecule has 0 saturated carbocycles. The molecular weight excluding hydrogens is 364 g/mol. The predicted octanol–water partition coefficient (Wildman–Crippen LogP) is 4.13. The normalized spacial score (nSPS) is 10.9. The van der Waals surface area contributed by atoms with Crippen LogP contribution in [0.4, 0.5) is 14.5 Å². The van der Waals surface area contributed by atoms with E-state index < -0.39 is 17.3 Å². The fraction of sp³-hybridized carbons (Fsp3) is 0.111. The van der Waals surface area contributed by atoms with Gasteiger partial charge in [-0.15, -0.1) is 0 Å². The third-order valence-electron chi connectivity index (χ3n) is 3.34. The summed E-state index contributed by atoms with van der Waals surface area (Å²) in [4.78, 5) is 23.5. The highest BCUT2D eigenvalue weighted by molar-refractivity contribution is 7.99. The van der Waals surface area contributed by atoms with Crippen LogP contribution >= 0.6 is 11.8 Å². The Balaban J connectivity index is 1.65. The molecule has 1 heterocycles. The Morgan fingerprint density at radius 2 is 1.92 bits per heavy atom. The first-order valence-electron chi connectivity index (χ1n) is 7.52. The summed E-state index contributed by atoms with van der Waals surface area (Å²) in [5, 5.41) is 3.26. The standard InChI is InChI=1S/C18H13F2NO4S/c19-18(20)26-15-4-2-1-3-13(15)21-16(22)10-24-12-7-5-11-6-8-17(23)25-14(11)9-12/h1-9,18H,10H2,(H,21,22). The van der Waals surface area contributed by atoms with Crippen molar-refractivity contribution >= 4 is 34.3 Å². The molecule has 0 aliphatic heterocycles. The van der Waals surface area contributed by atoms with E-state index in [1.807, 2.05) is 0 Å². The van der Waals surface area contributed by atoms with Crippen molar-refractivity contribution in [2.24, 2.45) is 0 Å². The van der Waals surface area contributed by atoms with Gasteiger partial charge in [-0.25, -0.2) is 4.79 Å². The van der Waals surface area contributed by atoms with Crippen molar-refractivity contribution in [3.05, 3.63) is 65.0 Å². The lowest BCUT2D eigenvalue weighted by Crippen LogP contribution is -2.20. The second kappa shape index (κ2) is 8.01. The Labute approximate surface area is 151 Å². The lowest BCUT2D eigenvalue weighted by Gasteiger charge is -2.11. The number of alkyl halides is 2. The number of halogens is 2. The molecule has 0 radical (unpaired) electrons. The predicted molar refractivity (Wildman–Crippen MR) is 94.9 cm³/mol. The van der Waals surface area contributed by atoms with Crippen LogP contribution in [0.1, 0.15) is 0 Å². The van der Waals surface area contributed by atoms with Crippen molar-refractivity contribution in [2.45, 2.75) is 10.7 Å². The topological polar surface area (TPSA) is 68.5 Å². The molecule has 3 rings (SSSR count). The molecule has 3 aromatic rings. The summed E-state index contributed by atoms with van der Waals surface area (Å²) < 4.78 is 35.5. The number of thioether (sulfide) groups is 1. The molecule has 5 nitrogen and oxygen atoms in total. The fourth-order valence-electron chi connectivity index (χ4n) is 2.23.